The molecule has 6 rings (SSSR count). The lowest BCUT2D eigenvalue weighted by atomic mass is 9.97. The van der Waals surface area contributed by atoms with Gasteiger partial charge in [-0.2, -0.15) is 0 Å². The van der Waals surface area contributed by atoms with E-state index in [9.17, 15) is 19.2 Å². The molecule has 0 aliphatic heterocycles. The number of rotatable bonds is 0. The highest BCUT2D eigenvalue weighted by Gasteiger charge is 2.41. The van der Waals surface area contributed by atoms with Crippen molar-refractivity contribution in [2.75, 3.05) is 0 Å². The lowest BCUT2D eigenvalue weighted by Gasteiger charge is -2.03. The molecular formula is C27H14O4. The van der Waals surface area contributed by atoms with E-state index in [4.69, 9.17) is 0 Å². The molecule has 3 aliphatic carbocycles. The van der Waals surface area contributed by atoms with Crippen molar-refractivity contribution >= 4 is 34.3 Å². The van der Waals surface area contributed by atoms with Crippen LogP contribution in [0.25, 0.3) is 11.1 Å². The second-order valence-corrected chi connectivity index (χ2v) is 7.84. The van der Waals surface area contributed by atoms with E-state index in [1.165, 1.54) is 0 Å². The van der Waals surface area contributed by atoms with Crippen LogP contribution in [0.5, 0.6) is 0 Å². The molecule has 0 saturated carbocycles. The van der Waals surface area contributed by atoms with E-state index in [-0.39, 0.29) is 40.7 Å². The molecule has 0 amide bonds. The van der Waals surface area contributed by atoms with Gasteiger partial charge in [-0.05, 0) is 22.3 Å². The average molecular weight is 402 g/mol. The van der Waals surface area contributed by atoms with Crippen molar-refractivity contribution in [1.82, 2.24) is 0 Å². The van der Waals surface area contributed by atoms with Crippen LogP contribution in [0.15, 0.2) is 83.9 Å². The summed E-state index contributed by atoms with van der Waals surface area (Å²) in [7, 11) is 0. The highest BCUT2D eigenvalue weighted by molar-refractivity contribution is 6.45. The molecule has 3 aliphatic rings. The van der Waals surface area contributed by atoms with Gasteiger partial charge >= 0.3 is 0 Å². The average Bonchev–Trinajstić information content (AvgIpc) is 3.38. The predicted octanol–water partition coefficient (Wildman–Crippen LogP) is 4.76. The first-order chi connectivity index (χ1) is 15.1. The molecule has 31 heavy (non-hydrogen) atoms. The lowest BCUT2D eigenvalue weighted by molar-refractivity contribution is 0.0974. The molecule has 0 radical (unpaired) electrons. The SMILES string of the molecule is O=C1C(=C2CC(=C3C(=O)c4ccccc4C3=O)c3ccccc32)C(=O)c2ccccc21. The number of fused-ring (bicyclic) bond motifs is 3. The highest BCUT2D eigenvalue weighted by atomic mass is 16.2. The zero-order chi connectivity index (χ0) is 21.3. The Bertz CT molecular complexity index is 1280. The largest absolute Gasteiger partial charge is 0.288 e. The van der Waals surface area contributed by atoms with Crippen LogP contribution in [-0.4, -0.2) is 23.1 Å². The number of benzene rings is 3. The monoisotopic (exact) mass is 402 g/mol. The molecule has 0 spiro atoms. The van der Waals surface area contributed by atoms with Crippen molar-refractivity contribution in [2.24, 2.45) is 0 Å². The van der Waals surface area contributed by atoms with Gasteiger partial charge in [0.2, 0.25) is 0 Å². The third kappa shape index (κ3) is 2.24. The van der Waals surface area contributed by atoms with Gasteiger partial charge in [0.15, 0.2) is 23.1 Å². The van der Waals surface area contributed by atoms with Crippen LogP contribution in [0.1, 0.15) is 59.0 Å². The highest BCUT2D eigenvalue weighted by Crippen LogP contribution is 2.47. The summed E-state index contributed by atoms with van der Waals surface area (Å²) in [4.78, 5) is 52.4. The minimum Gasteiger partial charge on any atom is -0.288 e. The quantitative estimate of drug-likeness (QED) is 0.402. The molecule has 3 aromatic rings. The second kappa shape index (κ2) is 6.16. The van der Waals surface area contributed by atoms with Gasteiger partial charge < -0.3 is 0 Å². The minimum atomic E-state index is -0.302. The van der Waals surface area contributed by atoms with Crippen molar-refractivity contribution in [3.8, 4) is 0 Å². The van der Waals surface area contributed by atoms with Gasteiger partial charge in [0, 0.05) is 28.7 Å². The molecule has 0 aromatic heterocycles. The van der Waals surface area contributed by atoms with E-state index in [0.717, 1.165) is 11.1 Å². The lowest BCUT2D eigenvalue weighted by Crippen LogP contribution is -2.05. The van der Waals surface area contributed by atoms with Crippen molar-refractivity contribution in [2.45, 2.75) is 6.42 Å². The fraction of sp³-hybridized carbons (Fsp3) is 0.0370. The van der Waals surface area contributed by atoms with E-state index >= 15 is 0 Å². The Labute approximate surface area is 177 Å². The normalized spacial score (nSPS) is 16.9. The topological polar surface area (TPSA) is 68.3 Å². The van der Waals surface area contributed by atoms with Crippen LogP contribution in [0.3, 0.4) is 0 Å². The molecule has 3 aromatic carbocycles. The summed E-state index contributed by atoms with van der Waals surface area (Å²) < 4.78 is 0. The molecule has 0 bridgehead atoms. The molecule has 0 unspecified atom stereocenters. The fourth-order valence-corrected chi connectivity index (χ4v) is 4.87. The summed E-state index contributed by atoms with van der Waals surface area (Å²) in [5, 5.41) is 0. The Balaban J connectivity index is 1.60. The Morgan fingerprint density at radius 2 is 0.645 bits per heavy atom. The molecule has 4 heteroatoms. The third-order valence-corrected chi connectivity index (χ3v) is 6.28. The molecule has 0 atom stereocenters. The zero-order valence-corrected chi connectivity index (χ0v) is 16.3. The number of allylic oxidation sites excluding steroid dienone is 4. The predicted molar refractivity (Wildman–Crippen MR) is 115 cm³/mol. The summed E-state index contributed by atoms with van der Waals surface area (Å²) in [6, 6.07) is 20.9. The van der Waals surface area contributed by atoms with Gasteiger partial charge in [-0.3, -0.25) is 19.2 Å². The fourth-order valence-electron chi connectivity index (χ4n) is 4.87. The maximum absolute atomic E-state index is 13.1. The van der Waals surface area contributed by atoms with Crippen LogP contribution in [0.2, 0.25) is 0 Å². The van der Waals surface area contributed by atoms with Crippen molar-refractivity contribution in [3.63, 3.8) is 0 Å². The van der Waals surface area contributed by atoms with Crippen molar-refractivity contribution in [1.29, 1.82) is 0 Å². The number of carbonyl (C=O) groups is 4. The zero-order valence-electron chi connectivity index (χ0n) is 16.3. The van der Waals surface area contributed by atoms with Gasteiger partial charge in [-0.15, -0.1) is 0 Å². The molecule has 0 heterocycles. The molecule has 0 N–H and O–H groups in total. The minimum absolute atomic E-state index is 0.139. The van der Waals surface area contributed by atoms with Crippen LogP contribution >= 0.6 is 0 Å². The summed E-state index contributed by atoms with van der Waals surface area (Å²) in [6.45, 7) is 0. The Hall–Kier alpha value is -4.18. The third-order valence-electron chi connectivity index (χ3n) is 6.28. The Kier molecular flexibility index (Phi) is 3.51. The molecule has 4 nitrogen and oxygen atoms in total. The van der Waals surface area contributed by atoms with E-state index in [1.54, 1.807) is 48.5 Å². The number of hydrogen-bond donors (Lipinski definition) is 0. The number of hydrogen-bond acceptors (Lipinski definition) is 4. The van der Waals surface area contributed by atoms with E-state index in [1.807, 2.05) is 24.3 Å². The maximum atomic E-state index is 13.1. The van der Waals surface area contributed by atoms with Crippen LogP contribution < -0.4 is 0 Å². The Morgan fingerprint density at radius 3 is 0.935 bits per heavy atom. The number of ketones is 4. The molecule has 0 fully saturated rings. The smallest absolute Gasteiger partial charge is 0.198 e. The Morgan fingerprint density at radius 1 is 0.387 bits per heavy atom. The summed E-state index contributed by atoms with van der Waals surface area (Å²) in [5.74, 6) is -1.21. The number of Topliss-reactive ketones (excluding diaryl/α,β-unsaturated/α-hetero) is 4. The molecular weight excluding hydrogens is 388 g/mol. The van der Waals surface area contributed by atoms with Gasteiger partial charge in [0.25, 0.3) is 0 Å². The first kappa shape index (κ1) is 17.7. The number of carbonyl (C=O) groups excluding carboxylic acids is 4. The van der Waals surface area contributed by atoms with E-state index in [2.05, 4.69) is 0 Å². The van der Waals surface area contributed by atoms with E-state index in [0.29, 0.717) is 33.4 Å². The standard InChI is InChI=1S/C27H14O4/c28-24-16-9-3-4-10-17(16)25(29)22(24)20-13-21(15-8-2-1-7-14(15)20)23-26(30)18-11-5-6-12-19(18)27(23)31/h1-12H,13H2. The van der Waals surface area contributed by atoms with Gasteiger partial charge in [-0.25, -0.2) is 0 Å². The van der Waals surface area contributed by atoms with Gasteiger partial charge in [-0.1, -0.05) is 72.8 Å². The molecule has 0 saturated heterocycles. The van der Waals surface area contributed by atoms with Gasteiger partial charge in [0.1, 0.15) is 0 Å². The first-order valence-corrected chi connectivity index (χ1v) is 10.0. The summed E-state index contributed by atoms with van der Waals surface area (Å²) in [6.07, 6.45) is 0.195. The van der Waals surface area contributed by atoms with Crippen LogP contribution in [-0.2, 0) is 0 Å². The van der Waals surface area contributed by atoms with E-state index < -0.39 is 0 Å². The maximum Gasteiger partial charge on any atom is 0.198 e. The summed E-state index contributed by atoms with van der Waals surface area (Å²) >= 11 is 0. The van der Waals surface area contributed by atoms with Crippen LogP contribution in [0.4, 0.5) is 0 Å². The first-order valence-electron chi connectivity index (χ1n) is 10.0. The van der Waals surface area contributed by atoms with Gasteiger partial charge in [0.05, 0.1) is 11.1 Å². The summed E-state index contributed by atoms with van der Waals surface area (Å²) in [5.41, 5.74) is 4.49. The second-order valence-electron chi connectivity index (χ2n) is 7.84. The molecule has 146 valence electrons. The van der Waals surface area contributed by atoms with Crippen molar-refractivity contribution < 1.29 is 19.2 Å². The van der Waals surface area contributed by atoms with Crippen LogP contribution in [0, 0.1) is 0 Å². The van der Waals surface area contributed by atoms with Crippen molar-refractivity contribution in [3.05, 3.63) is 117 Å².